The molecule has 1 aromatic heterocycles. The third-order valence-electron chi connectivity index (χ3n) is 2.96. The SMILES string of the molecule is CCCNC(Cc1cc(Cl)ccc1F)c1ccco1. The maximum Gasteiger partial charge on any atom is 0.126 e. The van der Waals surface area contributed by atoms with Crippen LogP contribution in [0, 0.1) is 5.82 Å². The maximum absolute atomic E-state index is 13.8. The highest BCUT2D eigenvalue weighted by Gasteiger charge is 2.16. The molecule has 0 fully saturated rings. The molecule has 0 saturated heterocycles. The van der Waals surface area contributed by atoms with Crippen LogP contribution in [0.4, 0.5) is 4.39 Å². The molecule has 0 aliphatic carbocycles. The highest BCUT2D eigenvalue weighted by molar-refractivity contribution is 6.30. The molecule has 0 aliphatic rings. The van der Waals surface area contributed by atoms with Crippen molar-refractivity contribution in [1.82, 2.24) is 5.32 Å². The highest BCUT2D eigenvalue weighted by Crippen LogP contribution is 2.23. The zero-order chi connectivity index (χ0) is 13.7. The summed E-state index contributed by atoms with van der Waals surface area (Å²) in [6.07, 6.45) is 3.15. The summed E-state index contributed by atoms with van der Waals surface area (Å²) in [6, 6.07) is 8.32. The molecule has 0 bridgehead atoms. The largest absolute Gasteiger partial charge is 0.468 e. The summed E-state index contributed by atoms with van der Waals surface area (Å²) in [6.45, 7) is 2.94. The Morgan fingerprint density at radius 2 is 2.21 bits per heavy atom. The summed E-state index contributed by atoms with van der Waals surface area (Å²) in [5.41, 5.74) is 0.595. The van der Waals surface area contributed by atoms with E-state index < -0.39 is 0 Å². The predicted octanol–water partition coefficient (Wildman–Crippen LogP) is 4.36. The molecule has 1 atom stereocenters. The van der Waals surface area contributed by atoms with Gasteiger partial charge >= 0.3 is 0 Å². The quantitative estimate of drug-likeness (QED) is 0.851. The zero-order valence-corrected chi connectivity index (χ0v) is 11.6. The van der Waals surface area contributed by atoms with E-state index in [1.165, 1.54) is 6.07 Å². The lowest BCUT2D eigenvalue weighted by molar-refractivity contribution is 0.407. The van der Waals surface area contributed by atoms with Gasteiger partial charge in [0.25, 0.3) is 0 Å². The fourth-order valence-electron chi connectivity index (χ4n) is 2.00. The molecule has 19 heavy (non-hydrogen) atoms. The lowest BCUT2D eigenvalue weighted by atomic mass is 10.0. The van der Waals surface area contributed by atoms with E-state index in [4.69, 9.17) is 16.0 Å². The summed E-state index contributed by atoms with van der Waals surface area (Å²) in [7, 11) is 0. The van der Waals surface area contributed by atoms with Crippen LogP contribution in [0.5, 0.6) is 0 Å². The summed E-state index contributed by atoms with van der Waals surface area (Å²) in [5.74, 6) is 0.576. The Morgan fingerprint density at radius 1 is 1.37 bits per heavy atom. The molecule has 4 heteroatoms. The second-order valence-corrected chi connectivity index (χ2v) is 4.90. The van der Waals surface area contributed by atoms with Crippen LogP contribution in [0.3, 0.4) is 0 Å². The van der Waals surface area contributed by atoms with Gasteiger partial charge in [0.1, 0.15) is 11.6 Å². The van der Waals surface area contributed by atoms with Crippen LogP contribution in [0.2, 0.25) is 5.02 Å². The molecule has 2 nitrogen and oxygen atoms in total. The molecule has 1 aromatic carbocycles. The summed E-state index contributed by atoms with van der Waals surface area (Å²) < 4.78 is 19.2. The third-order valence-corrected chi connectivity index (χ3v) is 3.19. The molecule has 0 spiro atoms. The van der Waals surface area contributed by atoms with E-state index in [1.54, 1.807) is 18.4 Å². The van der Waals surface area contributed by atoms with Gasteiger partial charge < -0.3 is 9.73 Å². The maximum atomic E-state index is 13.8. The van der Waals surface area contributed by atoms with Crippen molar-refractivity contribution in [1.29, 1.82) is 0 Å². The molecule has 1 N–H and O–H groups in total. The van der Waals surface area contributed by atoms with Crippen molar-refractivity contribution >= 4 is 11.6 Å². The standard InChI is InChI=1S/C15H17ClFNO/c1-2-7-18-14(15-4-3-8-19-15)10-11-9-12(16)5-6-13(11)17/h3-6,8-9,14,18H,2,7,10H2,1H3. The first-order valence-corrected chi connectivity index (χ1v) is 6.79. The highest BCUT2D eigenvalue weighted by atomic mass is 35.5. The van der Waals surface area contributed by atoms with Crippen LogP contribution in [0.15, 0.2) is 41.0 Å². The summed E-state index contributed by atoms with van der Waals surface area (Å²) in [4.78, 5) is 0. The number of hydrogen-bond donors (Lipinski definition) is 1. The van der Waals surface area contributed by atoms with Gasteiger partial charge in [-0.3, -0.25) is 0 Å². The molecule has 2 rings (SSSR count). The van der Waals surface area contributed by atoms with Gasteiger partial charge in [0.2, 0.25) is 0 Å². The minimum absolute atomic E-state index is 0.0390. The molecule has 2 aromatic rings. The molecule has 0 amide bonds. The van der Waals surface area contributed by atoms with Crippen LogP contribution in [-0.4, -0.2) is 6.54 Å². The summed E-state index contributed by atoms with van der Waals surface area (Å²) >= 11 is 5.92. The van der Waals surface area contributed by atoms with E-state index in [0.29, 0.717) is 17.0 Å². The third kappa shape index (κ3) is 3.82. The molecular formula is C15H17ClFNO. The fraction of sp³-hybridized carbons (Fsp3) is 0.333. The number of furan rings is 1. The number of hydrogen-bond acceptors (Lipinski definition) is 2. The Kier molecular flexibility index (Phi) is 5.00. The monoisotopic (exact) mass is 281 g/mol. The topological polar surface area (TPSA) is 25.2 Å². The number of rotatable bonds is 6. The van der Waals surface area contributed by atoms with Crippen molar-refractivity contribution in [3.8, 4) is 0 Å². The van der Waals surface area contributed by atoms with Crippen LogP contribution in [0.1, 0.15) is 30.7 Å². The molecule has 0 aliphatic heterocycles. The Hall–Kier alpha value is -1.32. The van der Waals surface area contributed by atoms with Gasteiger partial charge in [-0.05, 0) is 55.3 Å². The minimum atomic E-state index is -0.237. The van der Waals surface area contributed by atoms with E-state index in [2.05, 4.69) is 12.2 Å². The fourth-order valence-corrected chi connectivity index (χ4v) is 2.20. The molecule has 102 valence electrons. The van der Waals surface area contributed by atoms with Crippen molar-refractivity contribution < 1.29 is 8.81 Å². The first kappa shape index (κ1) is 14.1. The zero-order valence-electron chi connectivity index (χ0n) is 10.8. The van der Waals surface area contributed by atoms with Gasteiger partial charge in [-0.25, -0.2) is 4.39 Å². The van der Waals surface area contributed by atoms with Gasteiger partial charge in [-0.2, -0.15) is 0 Å². The Morgan fingerprint density at radius 3 is 2.89 bits per heavy atom. The van der Waals surface area contributed by atoms with Gasteiger partial charge in [-0.15, -0.1) is 0 Å². The normalized spacial score (nSPS) is 12.6. The average Bonchev–Trinajstić information content (AvgIpc) is 2.92. The molecule has 1 heterocycles. The number of nitrogens with one attached hydrogen (secondary N) is 1. The van der Waals surface area contributed by atoms with Crippen LogP contribution in [-0.2, 0) is 6.42 Å². The molecular weight excluding hydrogens is 265 g/mol. The number of halogens is 2. The van der Waals surface area contributed by atoms with E-state index in [0.717, 1.165) is 18.7 Å². The van der Waals surface area contributed by atoms with Crippen LogP contribution in [0.25, 0.3) is 0 Å². The van der Waals surface area contributed by atoms with E-state index in [1.807, 2.05) is 12.1 Å². The Labute approximate surface area is 117 Å². The van der Waals surface area contributed by atoms with Crippen molar-refractivity contribution in [2.75, 3.05) is 6.54 Å². The predicted molar refractivity (Wildman–Crippen MR) is 74.9 cm³/mol. The average molecular weight is 282 g/mol. The second kappa shape index (κ2) is 6.73. The minimum Gasteiger partial charge on any atom is -0.468 e. The van der Waals surface area contributed by atoms with Crippen molar-refractivity contribution in [2.45, 2.75) is 25.8 Å². The molecule has 0 saturated carbocycles. The van der Waals surface area contributed by atoms with E-state index in [-0.39, 0.29) is 11.9 Å². The smallest absolute Gasteiger partial charge is 0.126 e. The summed E-state index contributed by atoms with van der Waals surface area (Å²) in [5, 5.41) is 3.91. The van der Waals surface area contributed by atoms with Gasteiger partial charge in [0.05, 0.1) is 12.3 Å². The second-order valence-electron chi connectivity index (χ2n) is 4.46. The molecule has 1 unspecified atom stereocenters. The van der Waals surface area contributed by atoms with Crippen molar-refractivity contribution in [3.63, 3.8) is 0 Å². The Balaban J connectivity index is 2.17. The van der Waals surface area contributed by atoms with Crippen LogP contribution >= 0.6 is 11.6 Å². The van der Waals surface area contributed by atoms with Crippen molar-refractivity contribution in [3.05, 3.63) is 58.8 Å². The first-order valence-electron chi connectivity index (χ1n) is 6.41. The lowest BCUT2D eigenvalue weighted by Gasteiger charge is -2.17. The number of benzene rings is 1. The van der Waals surface area contributed by atoms with E-state index in [9.17, 15) is 4.39 Å². The van der Waals surface area contributed by atoms with Gasteiger partial charge in [-0.1, -0.05) is 18.5 Å². The lowest BCUT2D eigenvalue weighted by Crippen LogP contribution is -2.24. The van der Waals surface area contributed by atoms with Gasteiger partial charge in [0.15, 0.2) is 0 Å². The Bertz CT molecular complexity index is 513. The van der Waals surface area contributed by atoms with Crippen molar-refractivity contribution in [2.24, 2.45) is 0 Å². The van der Waals surface area contributed by atoms with E-state index >= 15 is 0 Å². The van der Waals surface area contributed by atoms with Gasteiger partial charge in [0, 0.05) is 5.02 Å². The first-order chi connectivity index (χ1) is 9.20. The molecule has 0 radical (unpaired) electrons. The van der Waals surface area contributed by atoms with Crippen LogP contribution < -0.4 is 5.32 Å².